The van der Waals surface area contributed by atoms with Gasteiger partial charge in [0.2, 0.25) is 0 Å². The van der Waals surface area contributed by atoms with Crippen molar-refractivity contribution in [1.82, 2.24) is 4.98 Å². The maximum absolute atomic E-state index is 5.24. The van der Waals surface area contributed by atoms with Crippen LogP contribution in [0.1, 0.15) is 26.2 Å². The zero-order chi connectivity index (χ0) is 14.4. The molecular formula is C15H25N3O2. The van der Waals surface area contributed by atoms with Gasteiger partial charge in [-0.05, 0) is 38.3 Å². The molecule has 1 aromatic heterocycles. The fourth-order valence-electron chi connectivity index (χ4n) is 2.62. The molecule has 1 aliphatic heterocycles. The molecule has 1 fully saturated rings. The number of nitrogens with zero attached hydrogens (tertiary/aromatic N) is 2. The summed E-state index contributed by atoms with van der Waals surface area (Å²) in [6.07, 6.45) is 5.48. The zero-order valence-corrected chi connectivity index (χ0v) is 12.6. The van der Waals surface area contributed by atoms with Crippen molar-refractivity contribution in [1.29, 1.82) is 0 Å². The summed E-state index contributed by atoms with van der Waals surface area (Å²) in [5.41, 5.74) is 0.984. The summed E-state index contributed by atoms with van der Waals surface area (Å²) < 4.78 is 10.5. The van der Waals surface area contributed by atoms with Gasteiger partial charge in [0.05, 0.1) is 17.9 Å². The second-order valence-electron chi connectivity index (χ2n) is 5.23. The Labute approximate surface area is 121 Å². The standard InChI is InChI=1S/C15H25N3O2/c1-12(15(19-2)20-3)17-13-7-8-14(16-11-13)18-9-5-4-6-10-18/h7-8,11-12,15,17H,4-6,9-10H2,1-3H3. The topological polar surface area (TPSA) is 46.6 Å². The molecule has 1 N–H and O–H groups in total. The first-order chi connectivity index (χ1) is 9.74. The van der Waals surface area contributed by atoms with Crippen LogP contribution in [0.3, 0.4) is 0 Å². The van der Waals surface area contributed by atoms with Crippen molar-refractivity contribution in [3.8, 4) is 0 Å². The first-order valence-electron chi connectivity index (χ1n) is 7.27. The molecule has 2 rings (SSSR count). The maximum atomic E-state index is 5.24. The average molecular weight is 279 g/mol. The Morgan fingerprint density at radius 2 is 1.85 bits per heavy atom. The van der Waals surface area contributed by atoms with Crippen LogP contribution in [0.2, 0.25) is 0 Å². The Hall–Kier alpha value is -1.33. The van der Waals surface area contributed by atoms with E-state index in [0.29, 0.717) is 0 Å². The molecule has 1 aromatic rings. The third kappa shape index (κ3) is 3.84. The van der Waals surface area contributed by atoms with Gasteiger partial charge in [-0.15, -0.1) is 0 Å². The lowest BCUT2D eigenvalue weighted by Gasteiger charge is -2.28. The molecule has 1 atom stereocenters. The molecule has 2 heterocycles. The lowest BCUT2D eigenvalue weighted by molar-refractivity contribution is -0.109. The van der Waals surface area contributed by atoms with Gasteiger partial charge in [-0.1, -0.05) is 0 Å². The lowest BCUT2D eigenvalue weighted by atomic mass is 10.1. The number of rotatable bonds is 6. The number of nitrogens with one attached hydrogen (secondary N) is 1. The summed E-state index contributed by atoms with van der Waals surface area (Å²) in [7, 11) is 3.29. The monoisotopic (exact) mass is 279 g/mol. The van der Waals surface area contributed by atoms with Gasteiger partial charge in [-0.25, -0.2) is 4.98 Å². The minimum absolute atomic E-state index is 0.0626. The van der Waals surface area contributed by atoms with Gasteiger partial charge in [0.25, 0.3) is 0 Å². The molecule has 0 spiro atoms. The Bertz CT molecular complexity index is 387. The molecule has 1 unspecified atom stereocenters. The van der Waals surface area contributed by atoms with Crippen LogP contribution in [-0.4, -0.2) is 44.6 Å². The van der Waals surface area contributed by atoms with Crippen molar-refractivity contribution in [2.45, 2.75) is 38.5 Å². The van der Waals surface area contributed by atoms with E-state index in [1.54, 1.807) is 14.2 Å². The zero-order valence-electron chi connectivity index (χ0n) is 12.6. The Balaban J connectivity index is 1.93. The second-order valence-corrected chi connectivity index (χ2v) is 5.23. The van der Waals surface area contributed by atoms with Crippen molar-refractivity contribution >= 4 is 11.5 Å². The normalized spacial score (nSPS) is 17.3. The summed E-state index contributed by atoms with van der Waals surface area (Å²) in [5.74, 6) is 1.07. The summed E-state index contributed by atoms with van der Waals surface area (Å²) in [5, 5.41) is 3.34. The molecule has 0 saturated carbocycles. The Morgan fingerprint density at radius 3 is 2.40 bits per heavy atom. The lowest BCUT2D eigenvalue weighted by Crippen LogP contribution is -2.34. The summed E-state index contributed by atoms with van der Waals surface area (Å²) in [6.45, 7) is 4.26. The predicted octanol–water partition coefficient (Wildman–Crippen LogP) is 2.49. The molecule has 5 heteroatoms. The number of hydrogen-bond acceptors (Lipinski definition) is 5. The van der Waals surface area contributed by atoms with Gasteiger partial charge < -0.3 is 19.7 Å². The van der Waals surface area contributed by atoms with Crippen LogP contribution in [0.4, 0.5) is 11.5 Å². The Morgan fingerprint density at radius 1 is 1.15 bits per heavy atom. The molecule has 0 aliphatic carbocycles. The Kier molecular flexibility index (Phi) is 5.61. The van der Waals surface area contributed by atoms with Gasteiger partial charge in [-0.2, -0.15) is 0 Å². The largest absolute Gasteiger partial charge is 0.376 e. The average Bonchev–Trinajstić information content (AvgIpc) is 2.50. The van der Waals surface area contributed by atoms with Crippen molar-refractivity contribution in [3.63, 3.8) is 0 Å². The number of piperidine rings is 1. The van der Waals surface area contributed by atoms with Crippen LogP contribution in [0.15, 0.2) is 18.3 Å². The van der Waals surface area contributed by atoms with E-state index < -0.39 is 0 Å². The molecule has 0 amide bonds. The van der Waals surface area contributed by atoms with E-state index in [2.05, 4.69) is 27.3 Å². The quantitative estimate of drug-likeness (QED) is 0.811. The molecule has 1 aliphatic rings. The molecule has 0 aromatic carbocycles. The number of aromatic nitrogens is 1. The second kappa shape index (κ2) is 7.45. The van der Waals surface area contributed by atoms with Crippen LogP contribution in [0.5, 0.6) is 0 Å². The van der Waals surface area contributed by atoms with Crippen molar-refractivity contribution < 1.29 is 9.47 Å². The number of pyridine rings is 1. The molecule has 1 saturated heterocycles. The molecule has 20 heavy (non-hydrogen) atoms. The summed E-state index contributed by atoms with van der Waals surface area (Å²) in [6, 6.07) is 4.21. The van der Waals surface area contributed by atoms with E-state index in [9.17, 15) is 0 Å². The summed E-state index contributed by atoms with van der Waals surface area (Å²) >= 11 is 0. The van der Waals surface area contributed by atoms with Crippen molar-refractivity contribution in [2.75, 3.05) is 37.5 Å². The molecule has 112 valence electrons. The van der Waals surface area contributed by atoms with Gasteiger partial charge in [0, 0.05) is 27.3 Å². The minimum atomic E-state index is -0.267. The maximum Gasteiger partial charge on any atom is 0.176 e. The van der Waals surface area contributed by atoms with E-state index in [0.717, 1.165) is 24.6 Å². The van der Waals surface area contributed by atoms with E-state index in [1.165, 1.54) is 19.3 Å². The van der Waals surface area contributed by atoms with Gasteiger partial charge in [-0.3, -0.25) is 0 Å². The first-order valence-corrected chi connectivity index (χ1v) is 7.27. The third-order valence-electron chi connectivity index (χ3n) is 3.70. The van der Waals surface area contributed by atoms with Crippen molar-refractivity contribution in [2.24, 2.45) is 0 Å². The smallest absolute Gasteiger partial charge is 0.176 e. The fourth-order valence-corrected chi connectivity index (χ4v) is 2.62. The van der Waals surface area contributed by atoms with Crippen molar-refractivity contribution in [3.05, 3.63) is 18.3 Å². The number of anilines is 2. The van der Waals surface area contributed by atoms with Crippen LogP contribution >= 0.6 is 0 Å². The van der Waals surface area contributed by atoms with Gasteiger partial charge >= 0.3 is 0 Å². The van der Waals surface area contributed by atoms with Crippen LogP contribution < -0.4 is 10.2 Å². The fraction of sp³-hybridized carbons (Fsp3) is 0.667. The van der Waals surface area contributed by atoms with E-state index in [1.807, 2.05) is 13.1 Å². The highest BCUT2D eigenvalue weighted by Crippen LogP contribution is 2.19. The van der Waals surface area contributed by atoms with E-state index in [-0.39, 0.29) is 12.3 Å². The highest BCUT2D eigenvalue weighted by molar-refractivity contribution is 5.49. The van der Waals surface area contributed by atoms with Crippen LogP contribution in [0, 0.1) is 0 Å². The van der Waals surface area contributed by atoms with E-state index in [4.69, 9.17) is 9.47 Å². The van der Waals surface area contributed by atoms with Gasteiger partial charge in [0.15, 0.2) is 6.29 Å². The number of hydrogen-bond donors (Lipinski definition) is 1. The molecule has 0 bridgehead atoms. The minimum Gasteiger partial charge on any atom is -0.376 e. The van der Waals surface area contributed by atoms with E-state index >= 15 is 0 Å². The first kappa shape index (κ1) is 15.1. The van der Waals surface area contributed by atoms with Crippen LogP contribution in [-0.2, 0) is 9.47 Å². The summed E-state index contributed by atoms with van der Waals surface area (Å²) in [4.78, 5) is 6.90. The molecular weight excluding hydrogens is 254 g/mol. The number of ether oxygens (including phenoxy) is 2. The third-order valence-corrected chi connectivity index (χ3v) is 3.70. The van der Waals surface area contributed by atoms with Crippen LogP contribution in [0.25, 0.3) is 0 Å². The highest BCUT2D eigenvalue weighted by Gasteiger charge is 2.16. The van der Waals surface area contributed by atoms with Gasteiger partial charge in [0.1, 0.15) is 5.82 Å². The number of methoxy groups -OCH3 is 2. The highest BCUT2D eigenvalue weighted by atomic mass is 16.7. The molecule has 0 radical (unpaired) electrons. The SMILES string of the molecule is COC(OC)C(C)Nc1ccc(N2CCCCC2)nc1. The predicted molar refractivity (Wildman–Crippen MR) is 81.2 cm³/mol. The molecule has 5 nitrogen and oxygen atoms in total.